The average Bonchev–Trinajstić information content (AvgIpc) is 3.48. The Balaban J connectivity index is 1.86. The van der Waals surface area contributed by atoms with Gasteiger partial charge in [-0.3, -0.25) is 4.79 Å². The van der Waals surface area contributed by atoms with E-state index in [0.29, 0.717) is 26.2 Å². The summed E-state index contributed by atoms with van der Waals surface area (Å²) in [6.07, 6.45) is 2.05. The van der Waals surface area contributed by atoms with Crippen LogP contribution in [0.25, 0.3) is 0 Å². The van der Waals surface area contributed by atoms with Gasteiger partial charge in [0.05, 0.1) is 20.3 Å². The van der Waals surface area contributed by atoms with Gasteiger partial charge in [0.15, 0.2) is 17.5 Å². The summed E-state index contributed by atoms with van der Waals surface area (Å²) < 4.78 is 10.9. The van der Waals surface area contributed by atoms with Crippen LogP contribution in [0, 0.1) is 5.92 Å². The summed E-state index contributed by atoms with van der Waals surface area (Å²) in [5.41, 5.74) is 1.04. The number of benzene rings is 1. The van der Waals surface area contributed by atoms with Crippen LogP contribution >= 0.6 is 0 Å². The molecular weight excluding hydrogens is 332 g/mol. The number of amides is 1. The molecule has 1 aromatic rings. The first-order valence-electron chi connectivity index (χ1n) is 9.27. The topological polar surface area (TPSA) is 84.0 Å². The highest BCUT2D eigenvalue weighted by Gasteiger charge is 2.28. The molecule has 0 atom stereocenters. The van der Waals surface area contributed by atoms with Gasteiger partial charge in [-0.15, -0.1) is 0 Å². The highest BCUT2D eigenvalue weighted by Crippen LogP contribution is 2.29. The second-order valence-corrected chi connectivity index (χ2v) is 6.11. The Labute approximate surface area is 155 Å². The molecule has 1 aromatic carbocycles. The fourth-order valence-electron chi connectivity index (χ4n) is 2.46. The number of ether oxygens (including phenoxy) is 2. The van der Waals surface area contributed by atoms with E-state index >= 15 is 0 Å². The van der Waals surface area contributed by atoms with Gasteiger partial charge in [0, 0.05) is 25.6 Å². The second-order valence-electron chi connectivity index (χ2n) is 6.11. The maximum absolute atomic E-state index is 11.6. The number of carbonyl (C=O) groups is 1. The lowest BCUT2D eigenvalue weighted by Gasteiger charge is -2.13. The van der Waals surface area contributed by atoms with Crippen molar-refractivity contribution in [2.45, 2.75) is 33.2 Å². The summed E-state index contributed by atoms with van der Waals surface area (Å²) in [6, 6.07) is 5.82. The third kappa shape index (κ3) is 6.46. The van der Waals surface area contributed by atoms with Gasteiger partial charge >= 0.3 is 0 Å². The zero-order valence-corrected chi connectivity index (χ0v) is 15.9. The molecule has 3 N–H and O–H groups in total. The SMILES string of the molecule is CCNC(=NCc1ccc(OC)c(OCC)c1)NCCNC(=O)C1CC1. The molecule has 1 aliphatic carbocycles. The van der Waals surface area contributed by atoms with E-state index in [1.165, 1.54) is 0 Å². The molecule has 7 nitrogen and oxygen atoms in total. The monoisotopic (exact) mass is 362 g/mol. The quantitative estimate of drug-likeness (QED) is 0.335. The Morgan fingerprint density at radius 1 is 1.15 bits per heavy atom. The van der Waals surface area contributed by atoms with Crippen molar-refractivity contribution in [3.05, 3.63) is 23.8 Å². The Morgan fingerprint density at radius 3 is 2.58 bits per heavy atom. The molecule has 1 aliphatic rings. The third-order valence-corrected chi connectivity index (χ3v) is 3.96. The Kier molecular flexibility index (Phi) is 8.05. The van der Waals surface area contributed by atoms with Crippen LogP contribution < -0.4 is 25.4 Å². The molecule has 0 saturated heterocycles. The Morgan fingerprint density at radius 2 is 1.92 bits per heavy atom. The molecule has 1 saturated carbocycles. The summed E-state index contributed by atoms with van der Waals surface area (Å²) in [5.74, 6) is 2.57. The zero-order valence-electron chi connectivity index (χ0n) is 15.9. The number of methoxy groups -OCH3 is 1. The maximum atomic E-state index is 11.6. The first-order valence-corrected chi connectivity index (χ1v) is 9.27. The van der Waals surface area contributed by atoms with Crippen LogP contribution in [0.3, 0.4) is 0 Å². The molecule has 26 heavy (non-hydrogen) atoms. The van der Waals surface area contributed by atoms with Crippen LogP contribution in [0.5, 0.6) is 11.5 Å². The van der Waals surface area contributed by atoms with Crippen molar-refractivity contribution in [2.75, 3.05) is 33.4 Å². The summed E-state index contributed by atoms with van der Waals surface area (Å²) in [5, 5.41) is 9.38. The van der Waals surface area contributed by atoms with Crippen molar-refractivity contribution in [3.63, 3.8) is 0 Å². The molecular formula is C19H30N4O3. The van der Waals surface area contributed by atoms with Gasteiger partial charge in [0.25, 0.3) is 0 Å². The van der Waals surface area contributed by atoms with Crippen molar-refractivity contribution in [1.29, 1.82) is 0 Å². The van der Waals surface area contributed by atoms with Gasteiger partial charge in [0.1, 0.15) is 0 Å². The van der Waals surface area contributed by atoms with Gasteiger partial charge in [-0.1, -0.05) is 6.07 Å². The van der Waals surface area contributed by atoms with Gasteiger partial charge in [-0.25, -0.2) is 4.99 Å². The summed E-state index contributed by atoms with van der Waals surface area (Å²) in [7, 11) is 1.63. The van der Waals surface area contributed by atoms with Crippen LogP contribution in [0.15, 0.2) is 23.2 Å². The van der Waals surface area contributed by atoms with Crippen molar-refractivity contribution in [2.24, 2.45) is 10.9 Å². The van der Waals surface area contributed by atoms with Crippen molar-refractivity contribution < 1.29 is 14.3 Å². The maximum Gasteiger partial charge on any atom is 0.223 e. The highest BCUT2D eigenvalue weighted by molar-refractivity contribution is 5.81. The number of guanidine groups is 1. The number of hydrogen-bond acceptors (Lipinski definition) is 4. The van der Waals surface area contributed by atoms with E-state index in [1.54, 1.807) is 7.11 Å². The Bertz CT molecular complexity index is 615. The lowest BCUT2D eigenvalue weighted by Crippen LogP contribution is -2.41. The van der Waals surface area contributed by atoms with Crippen molar-refractivity contribution >= 4 is 11.9 Å². The third-order valence-electron chi connectivity index (χ3n) is 3.96. The fourth-order valence-corrected chi connectivity index (χ4v) is 2.46. The average molecular weight is 362 g/mol. The van der Waals surface area contributed by atoms with Crippen LogP contribution in [-0.2, 0) is 11.3 Å². The summed E-state index contributed by atoms with van der Waals surface area (Å²) in [6.45, 7) is 7.07. The fraction of sp³-hybridized carbons (Fsp3) is 0.579. The number of carbonyl (C=O) groups excluding carboxylic acids is 1. The highest BCUT2D eigenvalue weighted by atomic mass is 16.5. The predicted octanol–water partition coefficient (Wildman–Crippen LogP) is 1.68. The lowest BCUT2D eigenvalue weighted by atomic mass is 10.2. The van der Waals surface area contributed by atoms with E-state index in [1.807, 2.05) is 32.0 Å². The zero-order chi connectivity index (χ0) is 18.8. The predicted molar refractivity (Wildman–Crippen MR) is 103 cm³/mol. The minimum Gasteiger partial charge on any atom is -0.493 e. The molecule has 0 spiro atoms. The van der Waals surface area contributed by atoms with Gasteiger partial charge in [-0.2, -0.15) is 0 Å². The van der Waals surface area contributed by atoms with Crippen LogP contribution in [0.4, 0.5) is 0 Å². The molecule has 0 radical (unpaired) electrons. The van der Waals surface area contributed by atoms with E-state index in [2.05, 4.69) is 20.9 Å². The van der Waals surface area contributed by atoms with Gasteiger partial charge in [-0.05, 0) is 44.4 Å². The molecule has 1 fully saturated rings. The second kappa shape index (κ2) is 10.5. The number of nitrogens with one attached hydrogen (secondary N) is 3. The standard InChI is InChI=1S/C19H30N4O3/c1-4-20-19(22-11-10-21-18(24)15-7-8-15)23-13-14-6-9-16(25-3)17(12-14)26-5-2/h6,9,12,15H,4-5,7-8,10-11,13H2,1-3H3,(H,21,24)(H2,20,22,23). The minimum absolute atomic E-state index is 0.162. The summed E-state index contributed by atoms with van der Waals surface area (Å²) >= 11 is 0. The number of rotatable bonds is 10. The molecule has 0 unspecified atom stereocenters. The van der Waals surface area contributed by atoms with E-state index in [-0.39, 0.29) is 11.8 Å². The molecule has 1 amide bonds. The summed E-state index contributed by atoms with van der Waals surface area (Å²) in [4.78, 5) is 16.2. The van der Waals surface area contributed by atoms with E-state index in [0.717, 1.165) is 42.4 Å². The molecule has 0 aromatic heterocycles. The molecule has 0 aliphatic heterocycles. The van der Waals surface area contributed by atoms with Crippen LogP contribution in [-0.4, -0.2) is 45.2 Å². The van der Waals surface area contributed by atoms with Crippen molar-refractivity contribution in [1.82, 2.24) is 16.0 Å². The molecule has 144 valence electrons. The van der Waals surface area contributed by atoms with Crippen molar-refractivity contribution in [3.8, 4) is 11.5 Å². The molecule has 0 bridgehead atoms. The molecule has 7 heteroatoms. The number of nitrogens with zero attached hydrogens (tertiary/aromatic N) is 1. The van der Waals surface area contributed by atoms with E-state index < -0.39 is 0 Å². The van der Waals surface area contributed by atoms with E-state index in [4.69, 9.17) is 9.47 Å². The molecule has 0 heterocycles. The van der Waals surface area contributed by atoms with Crippen LogP contribution in [0.2, 0.25) is 0 Å². The normalized spacial score (nSPS) is 13.9. The van der Waals surface area contributed by atoms with Gasteiger partial charge in [0.2, 0.25) is 5.91 Å². The Hall–Kier alpha value is -2.44. The van der Waals surface area contributed by atoms with Crippen LogP contribution in [0.1, 0.15) is 32.3 Å². The van der Waals surface area contributed by atoms with Gasteiger partial charge < -0.3 is 25.4 Å². The first kappa shape index (κ1) is 19.9. The molecule has 2 rings (SSSR count). The largest absolute Gasteiger partial charge is 0.493 e. The minimum atomic E-state index is 0.162. The number of aliphatic imine (C=N–C) groups is 1. The first-order chi connectivity index (χ1) is 12.7. The lowest BCUT2D eigenvalue weighted by molar-refractivity contribution is -0.122. The van der Waals surface area contributed by atoms with E-state index in [9.17, 15) is 4.79 Å². The smallest absolute Gasteiger partial charge is 0.223 e. The number of hydrogen-bond donors (Lipinski definition) is 3.